The van der Waals surface area contributed by atoms with Crippen molar-refractivity contribution in [2.75, 3.05) is 13.7 Å². The van der Waals surface area contributed by atoms with E-state index in [0.29, 0.717) is 18.8 Å². The molecule has 0 radical (unpaired) electrons. The van der Waals surface area contributed by atoms with E-state index in [4.69, 9.17) is 13.9 Å². The van der Waals surface area contributed by atoms with Gasteiger partial charge in [-0.1, -0.05) is 6.92 Å². The van der Waals surface area contributed by atoms with Crippen molar-refractivity contribution in [1.82, 2.24) is 5.32 Å². The van der Waals surface area contributed by atoms with E-state index < -0.39 is 0 Å². The quantitative estimate of drug-likeness (QED) is 0.745. The van der Waals surface area contributed by atoms with Gasteiger partial charge < -0.3 is 19.2 Å². The number of nitrogens with one attached hydrogen (secondary N) is 1. The molecule has 0 aliphatic heterocycles. The van der Waals surface area contributed by atoms with Gasteiger partial charge >= 0.3 is 0 Å². The van der Waals surface area contributed by atoms with Gasteiger partial charge in [0.15, 0.2) is 0 Å². The minimum Gasteiger partial charge on any atom is -0.462 e. The van der Waals surface area contributed by atoms with E-state index in [9.17, 15) is 0 Å². The highest BCUT2D eigenvalue weighted by atomic mass is 16.5. The average Bonchev–Trinajstić information content (AvgIpc) is 2.86. The lowest BCUT2D eigenvalue weighted by Crippen LogP contribution is -2.27. The van der Waals surface area contributed by atoms with Gasteiger partial charge in [-0.15, -0.1) is 0 Å². The average molecular weight is 295 g/mol. The van der Waals surface area contributed by atoms with Gasteiger partial charge in [0.05, 0.1) is 18.8 Å². The normalized spacial score (nSPS) is 22.6. The first-order chi connectivity index (χ1) is 10.2. The van der Waals surface area contributed by atoms with Crippen LogP contribution in [0.15, 0.2) is 10.5 Å². The van der Waals surface area contributed by atoms with Crippen molar-refractivity contribution in [3.8, 4) is 0 Å². The number of furan rings is 1. The number of hydrogen-bond acceptors (Lipinski definition) is 4. The van der Waals surface area contributed by atoms with Crippen molar-refractivity contribution in [3.63, 3.8) is 0 Å². The van der Waals surface area contributed by atoms with Crippen LogP contribution in [0.1, 0.15) is 56.1 Å². The molecular formula is C17H29NO3. The molecule has 0 saturated heterocycles. The Morgan fingerprint density at radius 1 is 1.33 bits per heavy atom. The third kappa shape index (κ3) is 5.13. The number of ether oxygens (including phenoxy) is 2. The summed E-state index contributed by atoms with van der Waals surface area (Å²) in [5, 5.41) is 3.37. The van der Waals surface area contributed by atoms with Crippen LogP contribution in [0.3, 0.4) is 0 Å². The highest BCUT2D eigenvalue weighted by molar-refractivity contribution is 5.19. The highest BCUT2D eigenvalue weighted by Crippen LogP contribution is 2.24. The molecule has 1 heterocycles. The third-order valence-electron chi connectivity index (χ3n) is 4.16. The molecule has 4 heteroatoms. The number of methoxy groups -OCH3 is 1. The van der Waals surface area contributed by atoms with Crippen LogP contribution in [0.25, 0.3) is 0 Å². The molecule has 1 aliphatic rings. The van der Waals surface area contributed by atoms with Crippen molar-refractivity contribution in [2.45, 2.75) is 71.3 Å². The molecule has 21 heavy (non-hydrogen) atoms. The predicted octanol–water partition coefficient (Wildman–Crippen LogP) is 3.56. The first-order valence-corrected chi connectivity index (χ1v) is 8.16. The zero-order chi connectivity index (χ0) is 15.1. The molecule has 0 spiro atoms. The Bertz CT molecular complexity index is 416. The van der Waals surface area contributed by atoms with Gasteiger partial charge in [0, 0.05) is 7.11 Å². The van der Waals surface area contributed by atoms with Crippen LogP contribution in [-0.2, 0) is 22.6 Å². The first kappa shape index (κ1) is 16.5. The summed E-state index contributed by atoms with van der Waals surface area (Å²) >= 11 is 0. The second kappa shape index (κ2) is 8.57. The van der Waals surface area contributed by atoms with E-state index in [1.165, 1.54) is 12.0 Å². The van der Waals surface area contributed by atoms with Crippen LogP contribution in [0.5, 0.6) is 0 Å². The molecule has 2 rings (SSSR count). The van der Waals surface area contributed by atoms with Crippen LogP contribution in [-0.4, -0.2) is 25.9 Å². The molecule has 1 fully saturated rings. The molecule has 1 aromatic rings. The van der Waals surface area contributed by atoms with Crippen molar-refractivity contribution < 1.29 is 13.9 Å². The predicted molar refractivity (Wildman–Crippen MR) is 83.3 cm³/mol. The van der Waals surface area contributed by atoms with E-state index in [1.54, 1.807) is 7.11 Å². The van der Waals surface area contributed by atoms with Gasteiger partial charge in [0.1, 0.15) is 18.1 Å². The van der Waals surface area contributed by atoms with E-state index in [1.807, 2.05) is 0 Å². The Morgan fingerprint density at radius 3 is 2.90 bits per heavy atom. The minimum absolute atomic E-state index is 0.302. The molecule has 1 aliphatic carbocycles. The smallest absolute Gasteiger partial charge is 0.130 e. The third-order valence-corrected chi connectivity index (χ3v) is 4.16. The molecule has 0 aromatic carbocycles. The fraction of sp³-hybridized carbons (Fsp3) is 0.765. The van der Waals surface area contributed by atoms with Crippen molar-refractivity contribution in [3.05, 3.63) is 23.2 Å². The summed E-state index contributed by atoms with van der Waals surface area (Å²) in [6.45, 7) is 6.65. The van der Waals surface area contributed by atoms with E-state index in [0.717, 1.165) is 50.3 Å². The summed E-state index contributed by atoms with van der Waals surface area (Å²) in [4.78, 5) is 0. The summed E-state index contributed by atoms with van der Waals surface area (Å²) in [7, 11) is 1.79. The Balaban J connectivity index is 1.79. The van der Waals surface area contributed by atoms with E-state index >= 15 is 0 Å². The lowest BCUT2D eigenvalue weighted by Gasteiger charge is -2.27. The number of rotatable bonds is 8. The molecule has 1 aromatic heterocycles. The van der Waals surface area contributed by atoms with Crippen LogP contribution in [0, 0.1) is 6.92 Å². The van der Waals surface area contributed by atoms with Crippen LogP contribution >= 0.6 is 0 Å². The summed E-state index contributed by atoms with van der Waals surface area (Å²) < 4.78 is 17.3. The molecule has 0 bridgehead atoms. The molecule has 2 atom stereocenters. The zero-order valence-electron chi connectivity index (χ0n) is 13.6. The Kier molecular flexibility index (Phi) is 6.74. The van der Waals surface area contributed by atoms with E-state index in [-0.39, 0.29) is 0 Å². The van der Waals surface area contributed by atoms with Crippen molar-refractivity contribution >= 4 is 0 Å². The summed E-state index contributed by atoms with van der Waals surface area (Å²) in [5.74, 6) is 1.96. The molecular weight excluding hydrogens is 266 g/mol. The van der Waals surface area contributed by atoms with Crippen LogP contribution in [0.2, 0.25) is 0 Å². The van der Waals surface area contributed by atoms with Gasteiger partial charge in [0.2, 0.25) is 0 Å². The monoisotopic (exact) mass is 295 g/mol. The molecule has 1 N–H and O–H groups in total. The molecule has 1 saturated carbocycles. The fourth-order valence-electron chi connectivity index (χ4n) is 2.88. The second-order valence-corrected chi connectivity index (χ2v) is 5.95. The van der Waals surface area contributed by atoms with E-state index in [2.05, 4.69) is 25.2 Å². The van der Waals surface area contributed by atoms with Gasteiger partial charge in [0.25, 0.3) is 0 Å². The maximum absolute atomic E-state index is 6.00. The van der Waals surface area contributed by atoms with Crippen molar-refractivity contribution in [1.29, 1.82) is 0 Å². The largest absolute Gasteiger partial charge is 0.462 e. The van der Waals surface area contributed by atoms with Crippen LogP contribution in [0.4, 0.5) is 0 Å². The summed E-state index contributed by atoms with van der Waals surface area (Å²) in [6.07, 6.45) is 6.27. The molecule has 120 valence electrons. The van der Waals surface area contributed by atoms with Gasteiger partial charge in [-0.3, -0.25) is 0 Å². The first-order valence-electron chi connectivity index (χ1n) is 8.16. The SMILES string of the molecule is CCCNCc1oc(COC2CCCC(OC)C2)cc1C. The maximum Gasteiger partial charge on any atom is 0.130 e. The molecule has 2 unspecified atom stereocenters. The zero-order valence-corrected chi connectivity index (χ0v) is 13.6. The molecule has 4 nitrogen and oxygen atoms in total. The summed E-state index contributed by atoms with van der Waals surface area (Å²) in [6, 6.07) is 2.10. The lowest BCUT2D eigenvalue weighted by molar-refractivity contribution is -0.0407. The second-order valence-electron chi connectivity index (χ2n) is 5.95. The standard InChI is InChI=1S/C17H29NO3/c1-4-8-18-11-17-13(2)9-16(21-17)12-20-15-7-5-6-14(10-15)19-3/h9,14-15,18H,4-8,10-12H2,1-3H3. The van der Waals surface area contributed by atoms with Gasteiger partial charge in [-0.25, -0.2) is 0 Å². The minimum atomic E-state index is 0.302. The fourth-order valence-corrected chi connectivity index (χ4v) is 2.88. The van der Waals surface area contributed by atoms with Gasteiger partial charge in [-0.2, -0.15) is 0 Å². The van der Waals surface area contributed by atoms with Crippen molar-refractivity contribution in [2.24, 2.45) is 0 Å². The summed E-state index contributed by atoms with van der Waals surface area (Å²) in [5.41, 5.74) is 1.20. The van der Waals surface area contributed by atoms with Crippen LogP contribution < -0.4 is 5.32 Å². The maximum atomic E-state index is 6.00. The Morgan fingerprint density at radius 2 is 2.14 bits per heavy atom. The lowest BCUT2D eigenvalue weighted by atomic mass is 9.95. The molecule has 0 amide bonds. The number of hydrogen-bond donors (Lipinski definition) is 1. The topological polar surface area (TPSA) is 43.6 Å². The van der Waals surface area contributed by atoms with Gasteiger partial charge in [-0.05, 0) is 57.2 Å². The number of aryl methyl sites for hydroxylation is 1. The highest BCUT2D eigenvalue weighted by Gasteiger charge is 2.22. The Hall–Kier alpha value is -0.840. The Labute approximate surface area is 128 Å².